The van der Waals surface area contributed by atoms with Gasteiger partial charge >= 0.3 is 0 Å². The summed E-state index contributed by atoms with van der Waals surface area (Å²) in [5, 5.41) is 7.85. The Morgan fingerprint density at radius 2 is 2.21 bits per heavy atom. The highest BCUT2D eigenvalue weighted by Gasteiger charge is 2.08. The second kappa shape index (κ2) is 6.17. The van der Waals surface area contributed by atoms with Crippen LogP contribution in [0.25, 0.3) is 0 Å². The lowest BCUT2D eigenvalue weighted by atomic mass is 10.1. The van der Waals surface area contributed by atoms with E-state index in [9.17, 15) is 4.39 Å². The lowest BCUT2D eigenvalue weighted by molar-refractivity contribution is 0.568. The minimum Gasteiger partial charge on any atom is -0.310 e. The lowest BCUT2D eigenvalue weighted by Gasteiger charge is -2.14. The number of halogens is 2. The highest BCUT2D eigenvalue weighted by molar-refractivity contribution is 6.30. The molecule has 1 heterocycles. The van der Waals surface area contributed by atoms with Crippen LogP contribution in [-0.2, 0) is 13.5 Å². The maximum atomic E-state index is 13.1. The number of benzene rings is 1. The minimum atomic E-state index is -0.383. The standard InChI is InChI=1S/C14H17ClFN3/c1-10(11-3-4-14(16)13(15)9-11)17-7-5-12-6-8-19(2)18-12/h3-4,6,8-10,17H,5,7H2,1-2H3. The fourth-order valence-corrected chi connectivity index (χ4v) is 2.10. The predicted octanol–water partition coefficient (Wildman–Crippen LogP) is 3.11. The van der Waals surface area contributed by atoms with Crippen molar-refractivity contribution in [2.75, 3.05) is 6.54 Å². The van der Waals surface area contributed by atoms with E-state index in [1.807, 2.05) is 26.2 Å². The van der Waals surface area contributed by atoms with E-state index in [0.717, 1.165) is 24.2 Å². The first-order valence-corrected chi connectivity index (χ1v) is 6.61. The molecule has 0 fully saturated rings. The van der Waals surface area contributed by atoms with Gasteiger partial charge in [0.25, 0.3) is 0 Å². The SMILES string of the molecule is CC(NCCc1ccn(C)n1)c1ccc(F)c(Cl)c1. The Morgan fingerprint density at radius 1 is 1.42 bits per heavy atom. The smallest absolute Gasteiger partial charge is 0.141 e. The Balaban J connectivity index is 1.86. The first kappa shape index (κ1) is 14.0. The highest BCUT2D eigenvalue weighted by atomic mass is 35.5. The maximum Gasteiger partial charge on any atom is 0.141 e. The third-order valence-electron chi connectivity index (χ3n) is 3.04. The molecule has 1 atom stereocenters. The molecule has 19 heavy (non-hydrogen) atoms. The Labute approximate surface area is 117 Å². The van der Waals surface area contributed by atoms with Crippen LogP contribution < -0.4 is 5.32 Å². The van der Waals surface area contributed by atoms with Gasteiger partial charge < -0.3 is 5.32 Å². The largest absolute Gasteiger partial charge is 0.310 e. The van der Waals surface area contributed by atoms with E-state index in [0.29, 0.717) is 0 Å². The van der Waals surface area contributed by atoms with Gasteiger partial charge in [0.15, 0.2) is 0 Å². The second-order valence-corrected chi connectivity index (χ2v) is 4.99. The average molecular weight is 282 g/mol. The number of nitrogens with zero attached hydrogens (tertiary/aromatic N) is 2. The van der Waals surface area contributed by atoms with Gasteiger partial charge in [-0.05, 0) is 30.7 Å². The number of hydrogen-bond donors (Lipinski definition) is 1. The van der Waals surface area contributed by atoms with E-state index in [4.69, 9.17) is 11.6 Å². The van der Waals surface area contributed by atoms with Crippen molar-refractivity contribution in [2.45, 2.75) is 19.4 Å². The van der Waals surface area contributed by atoms with E-state index in [1.54, 1.807) is 16.8 Å². The van der Waals surface area contributed by atoms with E-state index in [2.05, 4.69) is 10.4 Å². The van der Waals surface area contributed by atoms with Crippen molar-refractivity contribution in [3.05, 3.63) is 52.6 Å². The van der Waals surface area contributed by atoms with Crippen LogP contribution >= 0.6 is 11.6 Å². The fourth-order valence-electron chi connectivity index (χ4n) is 1.91. The second-order valence-electron chi connectivity index (χ2n) is 4.58. The zero-order chi connectivity index (χ0) is 13.8. The molecule has 5 heteroatoms. The van der Waals surface area contributed by atoms with Gasteiger partial charge in [-0.2, -0.15) is 5.10 Å². The first-order valence-electron chi connectivity index (χ1n) is 6.23. The van der Waals surface area contributed by atoms with Crippen LogP contribution in [0.3, 0.4) is 0 Å². The minimum absolute atomic E-state index is 0.127. The Hall–Kier alpha value is -1.39. The molecule has 0 saturated heterocycles. The van der Waals surface area contributed by atoms with E-state index in [-0.39, 0.29) is 16.9 Å². The molecule has 0 radical (unpaired) electrons. The van der Waals surface area contributed by atoms with Gasteiger partial charge in [0.05, 0.1) is 10.7 Å². The molecule has 1 aromatic heterocycles. The number of hydrogen-bond acceptors (Lipinski definition) is 2. The Bertz CT molecular complexity index is 553. The summed E-state index contributed by atoms with van der Waals surface area (Å²) in [5.41, 5.74) is 2.03. The molecular weight excluding hydrogens is 265 g/mol. The lowest BCUT2D eigenvalue weighted by Crippen LogP contribution is -2.21. The molecule has 3 nitrogen and oxygen atoms in total. The summed E-state index contributed by atoms with van der Waals surface area (Å²) in [4.78, 5) is 0. The molecule has 0 saturated carbocycles. The summed E-state index contributed by atoms with van der Waals surface area (Å²) < 4.78 is 14.9. The molecule has 1 aromatic carbocycles. The monoisotopic (exact) mass is 281 g/mol. The number of nitrogens with one attached hydrogen (secondary N) is 1. The third kappa shape index (κ3) is 3.78. The zero-order valence-electron chi connectivity index (χ0n) is 11.0. The highest BCUT2D eigenvalue weighted by Crippen LogP contribution is 2.20. The molecule has 0 aliphatic heterocycles. The summed E-state index contributed by atoms with van der Waals surface area (Å²) in [6, 6.07) is 6.94. The number of aromatic nitrogens is 2. The fraction of sp³-hybridized carbons (Fsp3) is 0.357. The molecule has 2 aromatic rings. The van der Waals surface area contributed by atoms with Gasteiger partial charge in [-0.15, -0.1) is 0 Å². The van der Waals surface area contributed by atoms with Crippen LogP contribution in [0.5, 0.6) is 0 Å². The van der Waals surface area contributed by atoms with E-state index >= 15 is 0 Å². The maximum absolute atomic E-state index is 13.1. The van der Waals surface area contributed by atoms with Gasteiger partial charge in [-0.25, -0.2) is 4.39 Å². The van der Waals surface area contributed by atoms with Crippen molar-refractivity contribution in [3.63, 3.8) is 0 Å². The van der Waals surface area contributed by atoms with E-state index in [1.165, 1.54) is 6.07 Å². The summed E-state index contributed by atoms with van der Waals surface area (Å²) in [6.45, 7) is 2.84. The summed E-state index contributed by atoms with van der Waals surface area (Å²) in [7, 11) is 1.90. The van der Waals surface area contributed by atoms with Gasteiger partial charge in [0, 0.05) is 32.3 Å². The summed E-state index contributed by atoms with van der Waals surface area (Å²) in [5.74, 6) is -0.383. The Morgan fingerprint density at radius 3 is 2.84 bits per heavy atom. The molecule has 1 N–H and O–H groups in total. The van der Waals surface area contributed by atoms with Crippen LogP contribution in [0.1, 0.15) is 24.2 Å². The summed E-state index contributed by atoms with van der Waals surface area (Å²) in [6.07, 6.45) is 2.79. The Kier molecular flexibility index (Phi) is 4.56. The molecule has 0 amide bonds. The number of rotatable bonds is 5. The van der Waals surface area contributed by atoms with Crippen LogP contribution in [0.4, 0.5) is 4.39 Å². The first-order chi connectivity index (χ1) is 9.06. The van der Waals surface area contributed by atoms with E-state index < -0.39 is 0 Å². The van der Waals surface area contributed by atoms with Crippen LogP contribution in [0.15, 0.2) is 30.5 Å². The van der Waals surface area contributed by atoms with Crippen molar-refractivity contribution >= 4 is 11.6 Å². The van der Waals surface area contributed by atoms with Gasteiger partial charge in [0.2, 0.25) is 0 Å². The molecule has 102 valence electrons. The van der Waals surface area contributed by atoms with Crippen molar-refractivity contribution in [2.24, 2.45) is 7.05 Å². The molecule has 0 aliphatic carbocycles. The topological polar surface area (TPSA) is 29.9 Å². The normalized spacial score (nSPS) is 12.6. The van der Waals surface area contributed by atoms with Crippen LogP contribution in [-0.4, -0.2) is 16.3 Å². The van der Waals surface area contributed by atoms with Crippen molar-refractivity contribution in [1.29, 1.82) is 0 Å². The molecule has 1 unspecified atom stereocenters. The van der Waals surface area contributed by atoms with Gasteiger partial charge in [-0.3, -0.25) is 4.68 Å². The van der Waals surface area contributed by atoms with Crippen LogP contribution in [0.2, 0.25) is 5.02 Å². The summed E-state index contributed by atoms with van der Waals surface area (Å²) >= 11 is 5.78. The van der Waals surface area contributed by atoms with Gasteiger partial charge in [0.1, 0.15) is 5.82 Å². The molecule has 2 rings (SSSR count). The zero-order valence-corrected chi connectivity index (χ0v) is 11.8. The van der Waals surface area contributed by atoms with Crippen molar-refractivity contribution < 1.29 is 4.39 Å². The van der Waals surface area contributed by atoms with Crippen LogP contribution in [0, 0.1) is 5.82 Å². The predicted molar refractivity (Wildman–Crippen MR) is 74.7 cm³/mol. The molecule has 0 bridgehead atoms. The van der Waals surface area contributed by atoms with Gasteiger partial charge in [-0.1, -0.05) is 17.7 Å². The van der Waals surface area contributed by atoms with Crippen molar-refractivity contribution in [3.8, 4) is 0 Å². The molecule has 0 spiro atoms. The molecule has 0 aliphatic rings. The van der Waals surface area contributed by atoms with Crippen molar-refractivity contribution in [1.82, 2.24) is 15.1 Å². The molecular formula is C14H17ClFN3. The number of aryl methyl sites for hydroxylation is 1. The average Bonchev–Trinajstić information content (AvgIpc) is 2.78. The third-order valence-corrected chi connectivity index (χ3v) is 3.33. The quantitative estimate of drug-likeness (QED) is 0.913.